The number of nitrogens with zero attached hydrogens (tertiary/aromatic N) is 1. The number of esters is 1. The first-order chi connectivity index (χ1) is 12.7. The molecule has 4 heteroatoms. The molecule has 2 aliphatic rings. The van der Waals surface area contributed by atoms with Crippen molar-refractivity contribution >= 4 is 17.3 Å². The average Bonchev–Trinajstić information content (AvgIpc) is 3.23. The predicted octanol–water partition coefficient (Wildman–Crippen LogP) is 3.12. The van der Waals surface area contributed by atoms with Crippen LogP contribution >= 0.6 is 0 Å². The van der Waals surface area contributed by atoms with E-state index in [0.29, 0.717) is 13.1 Å². The van der Waals surface area contributed by atoms with Crippen molar-refractivity contribution in [3.05, 3.63) is 77.9 Å². The van der Waals surface area contributed by atoms with Crippen molar-refractivity contribution in [2.75, 3.05) is 20.2 Å². The van der Waals surface area contributed by atoms with Gasteiger partial charge in [0.25, 0.3) is 0 Å². The van der Waals surface area contributed by atoms with Gasteiger partial charge in [0.15, 0.2) is 5.78 Å². The molecule has 0 N–H and O–H groups in total. The number of hydrogen-bond acceptors (Lipinski definition) is 4. The summed E-state index contributed by atoms with van der Waals surface area (Å²) in [6, 6.07) is 19.0. The molecule has 2 aromatic rings. The van der Waals surface area contributed by atoms with E-state index < -0.39 is 6.04 Å². The number of allylic oxidation sites excluding steroid dienone is 1. The fourth-order valence-electron chi connectivity index (χ4n) is 4.11. The molecule has 0 saturated carbocycles. The van der Waals surface area contributed by atoms with Crippen LogP contribution in [0.15, 0.2) is 66.7 Å². The quantitative estimate of drug-likeness (QED) is 0.798. The molecule has 1 saturated heterocycles. The van der Waals surface area contributed by atoms with Gasteiger partial charge >= 0.3 is 5.97 Å². The normalized spacial score (nSPS) is 23.4. The number of Topliss-reactive ketones (excluding diaryl/α,β-unsaturated/α-hetero) is 1. The number of benzene rings is 2. The Morgan fingerprint density at radius 2 is 1.69 bits per heavy atom. The summed E-state index contributed by atoms with van der Waals surface area (Å²) in [5, 5.41) is 0. The zero-order valence-corrected chi connectivity index (χ0v) is 14.7. The summed E-state index contributed by atoms with van der Waals surface area (Å²) >= 11 is 0. The SMILES string of the molecule is COC(=O)C(c1ccccc1)N1C[C@@H]2C=C(c3ccccc3)C(=O)[C@@H]2C1. The Balaban J connectivity index is 1.60. The molecule has 0 radical (unpaired) electrons. The third-order valence-electron chi connectivity index (χ3n) is 5.37. The van der Waals surface area contributed by atoms with Gasteiger partial charge in [-0.2, -0.15) is 0 Å². The van der Waals surface area contributed by atoms with Crippen LogP contribution < -0.4 is 0 Å². The van der Waals surface area contributed by atoms with Crippen molar-refractivity contribution in [2.45, 2.75) is 6.04 Å². The van der Waals surface area contributed by atoms with E-state index in [-0.39, 0.29) is 23.6 Å². The molecule has 4 nitrogen and oxygen atoms in total. The van der Waals surface area contributed by atoms with Crippen LogP contribution in [0.3, 0.4) is 0 Å². The monoisotopic (exact) mass is 347 g/mol. The molecule has 1 aliphatic carbocycles. The van der Waals surface area contributed by atoms with Gasteiger partial charge in [0.1, 0.15) is 6.04 Å². The standard InChI is InChI=1S/C22H21NO3/c1-26-22(25)20(16-10-6-3-7-11-16)23-13-17-12-18(21(24)19(17)14-23)15-8-4-2-5-9-15/h2-12,17,19-20H,13-14H2,1H3/t17-,19+,20?/m0/s1. The molecule has 0 bridgehead atoms. The van der Waals surface area contributed by atoms with Crippen molar-refractivity contribution in [1.82, 2.24) is 4.90 Å². The minimum Gasteiger partial charge on any atom is -0.468 e. The topological polar surface area (TPSA) is 46.6 Å². The first-order valence-electron chi connectivity index (χ1n) is 8.87. The molecule has 4 rings (SSSR count). The number of ketones is 1. The molecular weight excluding hydrogens is 326 g/mol. The number of carbonyl (C=O) groups is 2. The van der Waals surface area contributed by atoms with Gasteiger partial charge < -0.3 is 4.74 Å². The largest absolute Gasteiger partial charge is 0.468 e. The highest BCUT2D eigenvalue weighted by Gasteiger charge is 2.46. The van der Waals surface area contributed by atoms with Crippen LogP contribution in [0.1, 0.15) is 17.2 Å². The average molecular weight is 347 g/mol. The van der Waals surface area contributed by atoms with E-state index in [9.17, 15) is 9.59 Å². The lowest BCUT2D eigenvalue weighted by Crippen LogP contribution is -2.34. The summed E-state index contributed by atoms with van der Waals surface area (Å²) < 4.78 is 5.04. The lowest BCUT2D eigenvalue weighted by atomic mass is 9.97. The van der Waals surface area contributed by atoms with Crippen LogP contribution in [0.2, 0.25) is 0 Å². The maximum atomic E-state index is 12.9. The Bertz CT molecular complexity index is 844. The molecule has 1 unspecified atom stereocenters. The van der Waals surface area contributed by atoms with Crippen LogP contribution in [0.5, 0.6) is 0 Å². The fraction of sp³-hybridized carbons (Fsp3) is 0.273. The molecule has 0 spiro atoms. The van der Waals surface area contributed by atoms with E-state index in [1.807, 2.05) is 60.7 Å². The zero-order valence-electron chi connectivity index (χ0n) is 14.7. The third-order valence-corrected chi connectivity index (χ3v) is 5.37. The van der Waals surface area contributed by atoms with Crippen LogP contribution in [-0.2, 0) is 14.3 Å². The minimum atomic E-state index is -0.465. The first kappa shape index (κ1) is 16.7. The lowest BCUT2D eigenvalue weighted by Gasteiger charge is -2.26. The van der Waals surface area contributed by atoms with Gasteiger partial charge in [-0.1, -0.05) is 66.7 Å². The molecule has 1 fully saturated rings. The summed E-state index contributed by atoms with van der Waals surface area (Å²) in [7, 11) is 1.41. The van der Waals surface area contributed by atoms with Gasteiger partial charge in [-0.3, -0.25) is 9.69 Å². The maximum Gasteiger partial charge on any atom is 0.327 e. The number of methoxy groups -OCH3 is 1. The number of carbonyl (C=O) groups excluding carboxylic acids is 2. The maximum absolute atomic E-state index is 12.9. The Labute approximate surface area is 153 Å². The third kappa shape index (κ3) is 2.86. The van der Waals surface area contributed by atoms with Crippen LogP contribution in [0.25, 0.3) is 5.57 Å². The second kappa shape index (κ2) is 6.89. The molecule has 0 aromatic heterocycles. The highest BCUT2D eigenvalue weighted by Crippen LogP contribution is 2.41. The summed E-state index contributed by atoms with van der Waals surface area (Å²) in [5.41, 5.74) is 2.69. The second-order valence-corrected chi connectivity index (χ2v) is 6.87. The van der Waals surface area contributed by atoms with Gasteiger partial charge in [0.05, 0.1) is 7.11 Å². The number of fused-ring (bicyclic) bond motifs is 1. The van der Waals surface area contributed by atoms with Crippen molar-refractivity contribution in [3.63, 3.8) is 0 Å². The van der Waals surface area contributed by atoms with Gasteiger partial charge in [-0.25, -0.2) is 4.79 Å². The molecule has 3 atom stereocenters. The van der Waals surface area contributed by atoms with Crippen molar-refractivity contribution in [2.24, 2.45) is 11.8 Å². The number of hydrogen-bond donors (Lipinski definition) is 0. The Morgan fingerprint density at radius 1 is 1.04 bits per heavy atom. The first-order valence-corrected chi connectivity index (χ1v) is 8.87. The van der Waals surface area contributed by atoms with E-state index in [0.717, 1.165) is 16.7 Å². The number of likely N-dealkylation sites (tertiary alicyclic amines) is 1. The van der Waals surface area contributed by atoms with Gasteiger partial charge in [0, 0.05) is 30.5 Å². The molecule has 1 aliphatic heterocycles. The van der Waals surface area contributed by atoms with Crippen LogP contribution in [-0.4, -0.2) is 36.9 Å². The second-order valence-electron chi connectivity index (χ2n) is 6.87. The Hall–Kier alpha value is -2.72. The molecule has 2 aromatic carbocycles. The summed E-state index contributed by atoms with van der Waals surface area (Å²) in [6.45, 7) is 1.26. The molecule has 132 valence electrons. The molecule has 0 amide bonds. The van der Waals surface area contributed by atoms with E-state index >= 15 is 0 Å². The highest BCUT2D eigenvalue weighted by molar-refractivity contribution is 6.24. The molecule has 26 heavy (non-hydrogen) atoms. The predicted molar refractivity (Wildman–Crippen MR) is 99.2 cm³/mol. The van der Waals surface area contributed by atoms with Crippen LogP contribution in [0, 0.1) is 11.8 Å². The smallest absolute Gasteiger partial charge is 0.327 e. The van der Waals surface area contributed by atoms with Crippen molar-refractivity contribution in [3.8, 4) is 0 Å². The van der Waals surface area contributed by atoms with Crippen molar-refractivity contribution < 1.29 is 14.3 Å². The highest BCUT2D eigenvalue weighted by atomic mass is 16.5. The van der Waals surface area contributed by atoms with Crippen LogP contribution in [0.4, 0.5) is 0 Å². The summed E-state index contributed by atoms with van der Waals surface area (Å²) in [6.07, 6.45) is 2.08. The van der Waals surface area contributed by atoms with Crippen molar-refractivity contribution in [1.29, 1.82) is 0 Å². The van der Waals surface area contributed by atoms with Gasteiger partial charge in [0.2, 0.25) is 0 Å². The minimum absolute atomic E-state index is 0.0823. The summed E-state index contributed by atoms with van der Waals surface area (Å²) in [4.78, 5) is 27.4. The Kier molecular flexibility index (Phi) is 4.43. The number of rotatable bonds is 4. The van der Waals surface area contributed by atoms with E-state index in [1.54, 1.807) is 0 Å². The van der Waals surface area contributed by atoms with E-state index in [2.05, 4.69) is 11.0 Å². The van der Waals surface area contributed by atoms with Gasteiger partial charge in [-0.15, -0.1) is 0 Å². The summed E-state index contributed by atoms with van der Waals surface area (Å²) in [5.74, 6) is -0.0362. The lowest BCUT2D eigenvalue weighted by molar-refractivity contribution is -0.147. The molecule has 1 heterocycles. The zero-order chi connectivity index (χ0) is 18.1. The van der Waals surface area contributed by atoms with E-state index in [4.69, 9.17) is 4.74 Å². The fourth-order valence-corrected chi connectivity index (χ4v) is 4.11. The van der Waals surface area contributed by atoms with E-state index in [1.165, 1.54) is 7.11 Å². The van der Waals surface area contributed by atoms with Gasteiger partial charge in [-0.05, 0) is 11.1 Å². The molecular formula is C22H21NO3. The number of ether oxygens (including phenoxy) is 1. The Morgan fingerprint density at radius 3 is 2.31 bits per heavy atom.